The van der Waals surface area contributed by atoms with Crippen LogP contribution in [-0.2, 0) is 0 Å². The third-order valence-electron chi connectivity index (χ3n) is 11.7. The lowest BCUT2D eigenvalue weighted by molar-refractivity contribution is 1.08. The first kappa shape index (κ1) is 33.6. The van der Waals surface area contributed by atoms with Crippen molar-refractivity contribution in [3.63, 3.8) is 0 Å². The van der Waals surface area contributed by atoms with Crippen LogP contribution in [-0.4, -0.2) is 15.0 Å². The van der Waals surface area contributed by atoms with Gasteiger partial charge in [-0.3, -0.25) is 0 Å². The maximum atomic E-state index is 5.31. The Morgan fingerprint density at radius 3 is 1.27 bits per heavy atom. The Balaban J connectivity index is 1.07. The summed E-state index contributed by atoms with van der Waals surface area (Å²) in [5.41, 5.74) is 7.47. The number of rotatable bonds is 5. The minimum Gasteiger partial charge on any atom is -0.208 e. The Kier molecular flexibility index (Phi) is 7.72. The Bertz CT molecular complexity index is 3460. The van der Waals surface area contributed by atoms with E-state index in [1.54, 1.807) is 11.3 Å². The van der Waals surface area contributed by atoms with Crippen LogP contribution in [0.1, 0.15) is 0 Å². The van der Waals surface area contributed by atoms with Crippen molar-refractivity contribution in [3.05, 3.63) is 200 Å². The van der Waals surface area contributed by atoms with E-state index in [0.29, 0.717) is 17.5 Å². The topological polar surface area (TPSA) is 38.7 Å². The Hall–Kier alpha value is -7.53. The quantitative estimate of drug-likeness (QED) is 0.164. The zero-order valence-corrected chi connectivity index (χ0v) is 32.6. The van der Waals surface area contributed by atoms with Gasteiger partial charge in [-0.2, -0.15) is 0 Å². The van der Waals surface area contributed by atoms with Gasteiger partial charge < -0.3 is 0 Å². The highest BCUT2D eigenvalue weighted by Gasteiger charge is 2.18. The molecule has 274 valence electrons. The van der Waals surface area contributed by atoms with Crippen LogP contribution in [0.4, 0.5) is 0 Å². The predicted molar refractivity (Wildman–Crippen MR) is 250 cm³/mol. The van der Waals surface area contributed by atoms with Crippen molar-refractivity contribution in [2.45, 2.75) is 0 Å². The molecule has 0 saturated heterocycles. The molecule has 12 rings (SSSR count). The summed E-state index contributed by atoms with van der Waals surface area (Å²) in [6, 6.07) is 71.7. The largest absolute Gasteiger partial charge is 0.208 e. The average Bonchev–Trinajstić information content (AvgIpc) is 3.70. The highest BCUT2D eigenvalue weighted by atomic mass is 32.1. The van der Waals surface area contributed by atoms with E-state index in [0.717, 1.165) is 27.8 Å². The van der Waals surface area contributed by atoms with Gasteiger partial charge in [-0.15, -0.1) is 11.3 Å². The third-order valence-corrected chi connectivity index (χ3v) is 12.9. The van der Waals surface area contributed by atoms with E-state index in [1.807, 2.05) is 0 Å². The summed E-state index contributed by atoms with van der Waals surface area (Å²) in [5.74, 6) is 1.93. The van der Waals surface area contributed by atoms with Crippen molar-refractivity contribution in [2.75, 3.05) is 0 Å². The fourth-order valence-corrected chi connectivity index (χ4v) is 10.1. The second kappa shape index (κ2) is 13.6. The second-order valence-electron chi connectivity index (χ2n) is 15.1. The van der Waals surface area contributed by atoms with Crippen LogP contribution in [0.2, 0.25) is 0 Å². The number of hydrogen-bond donors (Lipinski definition) is 0. The standard InChI is InChI=1S/C55H33N3S/c1-3-20-40-36(14-1)32-49(44-24-7-5-22-42(40)44)34-16-11-18-38(30-34)53-56-54(58-55(57-53)48-28-13-27-47-46-26-9-10-29-51(46)59-52(47)48)39-19-12-17-35(31-39)50-33-37-15-2-4-21-41(37)43-23-6-8-25-45(43)50/h1-33H. The molecule has 4 heteroatoms. The summed E-state index contributed by atoms with van der Waals surface area (Å²) in [5, 5.41) is 12.3. The number of thiophene rings is 1. The molecule has 0 radical (unpaired) electrons. The van der Waals surface area contributed by atoms with Gasteiger partial charge in [0, 0.05) is 36.9 Å². The lowest BCUT2D eigenvalue weighted by Gasteiger charge is -2.14. The van der Waals surface area contributed by atoms with E-state index < -0.39 is 0 Å². The van der Waals surface area contributed by atoms with Gasteiger partial charge in [0.25, 0.3) is 0 Å². The molecule has 12 aromatic rings. The predicted octanol–water partition coefficient (Wildman–Crippen LogP) is 15.2. The van der Waals surface area contributed by atoms with E-state index in [9.17, 15) is 0 Å². The van der Waals surface area contributed by atoms with Gasteiger partial charge in [0.2, 0.25) is 0 Å². The van der Waals surface area contributed by atoms with Gasteiger partial charge in [0.1, 0.15) is 0 Å². The Morgan fingerprint density at radius 1 is 0.271 bits per heavy atom. The molecule has 3 nitrogen and oxygen atoms in total. The minimum atomic E-state index is 0.636. The molecular formula is C55H33N3S. The molecule has 0 amide bonds. The normalized spacial score (nSPS) is 11.7. The highest BCUT2D eigenvalue weighted by Crippen LogP contribution is 2.41. The zero-order valence-electron chi connectivity index (χ0n) is 31.8. The molecule has 0 aliphatic carbocycles. The average molecular weight is 768 g/mol. The first-order valence-electron chi connectivity index (χ1n) is 19.9. The van der Waals surface area contributed by atoms with E-state index >= 15 is 0 Å². The lowest BCUT2D eigenvalue weighted by atomic mass is 9.92. The molecule has 2 heterocycles. The van der Waals surface area contributed by atoms with Crippen LogP contribution in [0.3, 0.4) is 0 Å². The summed E-state index contributed by atoms with van der Waals surface area (Å²) in [7, 11) is 0. The van der Waals surface area contributed by atoms with E-state index in [1.165, 1.54) is 74.4 Å². The smallest absolute Gasteiger partial charge is 0.165 e. The van der Waals surface area contributed by atoms with Crippen molar-refractivity contribution in [2.24, 2.45) is 0 Å². The summed E-state index contributed by atoms with van der Waals surface area (Å²) in [6.45, 7) is 0. The second-order valence-corrected chi connectivity index (χ2v) is 16.2. The van der Waals surface area contributed by atoms with Crippen LogP contribution in [0.15, 0.2) is 200 Å². The van der Waals surface area contributed by atoms with Crippen LogP contribution >= 0.6 is 11.3 Å². The molecule has 0 unspecified atom stereocenters. The van der Waals surface area contributed by atoms with Gasteiger partial charge in [0.15, 0.2) is 17.5 Å². The number of hydrogen-bond acceptors (Lipinski definition) is 4. The minimum absolute atomic E-state index is 0.636. The molecule has 0 aliphatic rings. The first-order chi connectivity index (χ1) is 29.2. The summed E-state index contributed by atoms with van der Waals surface area (Å²) >= 11 is 1.79. The van der Waals surface area contributed by atoms with Crippen molar-refractivity contribution >= 4 is 74.6 Å². The Labute approximate surface area is 344 Å². The first-order valence-corrected chi connectivity index (χ1v) is 20.7. The molecular weight excluding hydrogens is 735 g/mol. The van der Waals surface area contributed by atoms with Gasteiger partial charge in [-0.05, 0) is 102 Å². The Morgan fingerprint density at radius 2 is 0.695 bits per heavy atom. The fraction of sp³-hybridized carbons (Fsp3) is 0. The number of fused-ring (bicyclic) bond motifs is 9. The van der Waals surface area contributed by atoms with E-state index in [2.05, 4.69) is 200 Å². The third kappa shape index (κ3) is 5.60. The fourth-order valence-electron chi connectivity index (χ4n) is 8.92. The maximum absolute atomic E-state index is 5.31. The molecule has 0 fully saturated rings. The highest BCUT2D eigenvalue weighted by molar-refractivity contribution is 7.26. The summed E-state index contributed by atoms with van der Waals surface area (Å²) in [4.78, 5) is 15.9. The van der Waals surface area contributed by atoms with Gasteiger partial charge in [-0.1, -0.05) is 164 Å². The molecule has 0 spiro atoms. The molecule has 0 aliphatic heterocycles. The lowest BCUT2D eigenvalue weighted by Crippen LogP contribution is -2.00. The molecule has 0 N–H and O–H groups in total. The monoisotopic (exact) mass is 767 g/mol. The molecule has 10 aromatic carbocycles. The van der Waals surface area contributed by atoms with Crippen LogP contribution < -0.4 is 0 Å². The van der Waals surface area contributed by atoms with Gasteiger partial charge in [-0.25, -0.2) is 15.0 Å². The number of benzene rings is 10. The van der Waals surface area contributed by atoms with Crippen LogP contribution in [0.25, 0.3) is 120 Å². The SMILES string of the molecule is c1cc(-c2nc(-c3cccc(-c4cc5ccccc5c5ccccc45)c3)nc(-c3cccc4c3sc3ccccc34)n2)cc(-c2cc3ccccc3c3ccccc23)c1. The van der Waals surface area contributed by atoms with Gasteiger partial charge in [0.05, 0.1) is 0 Å². The van der Waals surface area contributed by atoms with Crippen molar-refractivity contribution in [1.29, 1.82) is 0 Å². The summed E-state index contributed by atoms with van der Waals surface area (Å²) in [6.07, 6.45) is 0. The number of nitrogens with zero attached hydrogens (tertiary/aromatic N) is 3. The maximum Gasteiger partial charge on any atom is 0.165 e. The summed E-state index contributed by atoms with van der Waals surface area (Å²) < 4.78 is 2.42. The van der Waals surface area contributed by atoms with Gasteiger partial charge >= 0.3 is 0 Å². The molecule has 0 saturated carbocycles. The number of aromatic nitrogens is 3. The molecule has 0 bridgehead atoms. The molecule has 2 aromatic heterocycles. The van der Waals surface area contributed by atoms with Crippen molar-refractivity contribution < 1.29 is 0 Å². The molecule has 0 atom stereocenters. The van der Waals surface area contributed by atoms with Crippen molar-refractivity contribution in [3.8, 4) is 56.4 Å². The van der Waals surface area contributed by atoms with Crippen LogP contribution in [0.5, 0.6) is 0 Å². The van der Waals surface area contributed by atoms with E-state index in [4.69, 9.17) is 15.0 Å². The van der Waals surface area contributed by atoms with Crippen molar-refractivity contribution in [1.82, 2.24) is 15.0 Å². The molecule has 59 heavy (non-hydrogen) atoms. The van der Waals surface area contributed by atoms with Crippen LogP contribution in [0, 0.1) is 0 Å². The zero-order chi connectivity index (χ0) is 38.9. The van der Waals surface area contributed by atoms with E-state index in [-0.39, 0.29) is 0 Å².